The first-order valence-electron chi connectivity index (χ1n) is 6.92. The van der Waals surface area contributed by atoms with E-state index in [2.05, 4.69) is 12.0 Å². The third kappa shape index (κ3) is 1.74. The maximum Gasteiger partial charge on any atom is 0.316 e. The summed E-state index contributed by atoms with van der Waals surface area (Å²) in [5.74, 6) is 2.37. The highest BCUT2D eigenvalue weighted by molar-refractivity contribution is 5.82. The van der Waals surface area contributed by atoms with Crippen LogP contribution < -0.4 is 0 Å². The standard InChI is InChI=1S/C16H22O3/c1-5-16(18)11-10-15(13(17)19-6-2)9-7-8-12(15)14(16,3)4/h1,8,18H,6-7,9-11H2,2-4H3/t15-,16+/m0/s1. The molecule has 2 aliphatic rings. The maximum atomic E-state index is 12.4. The van der Waals surface area contributed by atoms with Gasteiger partial charge in [0.1, 0.15) is 5.60 Å². The van der Waals surface area contributed by atoms with Crippen LogP contribution in [0.25, 0.3) is 0 Å². The number of ether oxygens (including phenoxy) is 1. The van der Waals surface area contributed by atoms with Crippen LogP contribution in [0.1, 0.15) is 46.5 Å². The zero-order valence-electron chi connectivity index (χ0n) is 12.0. The van der Waals surface area contributed by atoms with Crippen LogP contribution in [0.5, 0.6) is 0 Å². The third-order valence-electron chi connectivity index (χ3n) is 4.96. The van der Waals surface area contributed by atoms with Crippen LogP contribution >= 0.6 is 0 Å². The lowest BCUT2D eigenvalue weighted by atomic mass is 9.54. The lowest BCUT2D eigenvalue weighted by Crippen LogP contribution is -2.54. The second kappa shape index (κ2) is 4.38. The second-order valence-electron chi connectivity index (χ2n) is 6.09. The van der Waals surface area contributed by atoms with Crippen LogP contribution in [0, 0.1) is 23.2 Å². The van der Waals surface area contributed by atoms with Crippen molar-refractivity contribution in [3.05, 3.63) is 11.6 Å². The van der Waals surface area contributed by atoms with E-state index in [0.717, 1.165) is 18.4 Å². The number of terminal acetylenes is 1. The minimum atomic E-state index is -1.18. The van der Waals surface area contributed by atoms with Gasteiger partial charge in [-0.15, -0.1) is 6.42 Å². The number of fused-ring (bicyclic) bond motifs is 1. The zero-order chi connectivity index (χ0) is 14.3. The van der Waals surface area contributed by atoms with Crippen LogP contribution in [-0.2, 0) is 9.53 Å². The fraction of sp³-hybridized carbons (Fsp3) is 0.688. The molecule has 1 saturated carbocycles. The molecule has 3 heteroatoms. The predicted octanol–water partition coefficient (Wildman–Crippen LogP) is 2.44. The first-order chi connectivity index (χ1) is 8.84. The molecule has 0 aromatic heterocycles. The second-order valence-corrected chi connectivity index (χ2v) is 6.09. The van der Waals surface area contributed by atoms with E-state index in [1.165, 1.54) is 0 Å². The van der Waals surface area contributed by atoms with Gasteiger partial charge in [-0.25, -0.2) is 0 Å². The minimum absolute atomic E-state index is 0.161. The summed E-state index contributed by atoms with van der Waals surface area (Å²) in [5, 5.41) is 10.7. The van der Waals surface area contributed by atoms with E-state index in [9.17, 15) is 9.90 Å². The number of esters is 1. The molecule has 1 fully saturated rings. The normalized spacial score (nSPS) is 36.1. The van der Waals surface area contributed by atoms with Crippen LogP contribution in [0.4, 0.5) is 0 Å². The molecule has 0 spiro atoms. The molecular formula is C16H22O3. The minimum Gasteiger partial charge on any atom is -0.465 e. The van der Waals surface area contributed by atoms with Crippen LogP contribution in [0.2, 0.25) is 0 Å². The van der Waals surface area contributed by atoms with Crippen LogP contribution in [-0.4, -0.2) is 23.3 Å². The molecule has 2 atom stereocenters. The Morgan fingerprint density at radius 2 is 2.16 bits per heavy atom. The Kier molecular flexibility index (Phi) is 3.26. The molecule has 0 aromatic carbocycles. The Hall–Kier alpha value is -1.27. The lowest BCUT2D eigenvalue weighted by molar-refractivity contribution is -0.158. The topological polar surface area (TPSA) is 46.5 Å². The first kappa shape index (κ1) is 14.1. The van der Waals surface area contributed by atoms with Gasteiger partial charge < -0.3 is 9.84 Å². The van der Waals surface area contributed by atoms with E-state index >= 15 is 0 Å². The fourth-order valence-electron chi connectivity index (χ4n) is 3.67. The van der Waals surface area contributed by atoms with Gasteiger partial charge in [0.2, 0.25) is 0 Å². The van der Waals surface area contributed by atoms with Crippen molar-refractivity contribution in [2.45, 2.75) is 52.1 Å². The average Bonchev–Trinajstić information content (AvgIpc) is 2.81. The van der Waals surface area contributed by atoms with Crippen molar-refractivity contribution < 1.29 is 14.6 Å². The summed E-state index contributed by atoms with van der Waals surface area (Å²) in [6.07, 6.45) is 10.2. The van der Waals surface area contributed by atoms with Crippen LogP contribution in [0.15, 0.2) is 11.6 Å². The first-order valence-corrected chi connectivity index (χ1v) is 6.92. The Balaban J connectivity index is 2.45. The Bertz CT molecular complexity index is 469. The van der Waals surface area contributed by atoms with Crippen LogP contribution in [0.3, 0.4) is 0 Å². The van der Waals surface area contributed by atoms with Gasteiger partial charge in [-0.2, -0.15) is 0 Å². The average molecular weight is 262 g/mol. The predicted molar refractivity (Wildman–Crippen MR) is 73.2 cm³/mol. The molecular weight excluding hydrogens is 240 g/mol. The maximum absolute atomic E-state index is 12.4. The Morgan fingerprint density at radius 1 is 1.47 bits per heavy atom. The molecule has 0 saturated heterocycles. The van der Waals surface area contributed by atoms with Gasteiger partial charge in [0, 0.05) is 5.41 Å². The van der Waals surface area contributed by atoms with Gasteiger partial charge in [-0.05, 0) is 38.2 Å². The summed E-state index contributed by atoms with van der Waals surface area (Å²) < 4.78 is 5.27. The summed E-state index contributed by atoms with van der Waals surface area (Å²) in [7, 11) is 0. The summed E-state index contributed by atoms with van der Waals surface area (Å²) in [6.45, 7) is 6.06. The fourth-order valence-corrected chi connectivity index (χ4v) is 3.67. The zero-order valence-corrected chi connectivity index (χ0v) is 12.0. The summed E-state index contributed by atoms with van der Waals surface area (Å²) in [6, 6.07) is 0. The van der Waals surface area contributed by atoms with Crippen molar-refractivity contribution in [1.82, 2.24) is 0 Å². The van der Waals surface area contributed by atoms with Crippen molar-refractivity contribution in [3.8, 4) is 12.3 Å². The molecule has 0 amide bonds. The smallest absolute Gasteiger partial charge is 0.316 e. The molecule has 104 valence electrons. The number of carbonyl (C=O) groups is 1. The monoisotopic (exact) mass is 262 g/mol. The quantitative estimate of drug-likeness (QED) is 0.472. The Labute approximate surface area is 115 Å². The number of allylic oxidation sites excluding steroid dienone is 1. The summed E-state index contributed by atoms with van der Waals surface area (Å²) in [4.78, 5) is 12.4. The lowest BCUT2D eigenvalue weighted by Gasteiger charge is -2.51. The number of carbonyl (C=O) groups excluding carboxylic acids is 1. The molecule has 3 nitrogen and oxygen atoms in total. The van der Waals surface area contributed by atoms with Gasteiger partial charge in [0.05, 0.1) is 12.0 Å². The number of hydrogen-bond donors (Lipinski definition) is 1. The summed E-state index contributed by atoms with van der Waals surface area (Å²) in [5.41, 5.74) is -1.38. The molecule has 2 rings (SSSR count). The molecule has 2 aliphatic carbocycles. The van der Waals surface area contributed by atoms with Crippen molar-refractivity contribution in [1.29, 1.82) is 0 Å². The van der Waals surface area contributed by atoms with Crippen molar-refractivity contribution in [2.75, 3.05) is 6.61 Å². The summed E-state index contributed by atoms with van der Waals surface area (Å²) >= 11 is 0. The molecule has 19 heavy (non-hydrogen) atoms. The van der Waals surface area contributed by atoms with Gasteiger partial charge in [0.15, 0.2) is 0 Å². The molecule has 0 radical (unpaired) electrons. The van der Waals surface area contributed by atoms with E-state index in [0.29, 0.717) is 19.4 Å². The van der Waals surface area contributed by atoms with E-state index < -0.39 is 16.4 Å². The van der Waals surface area contributed by atoms with Crippen molar-refractivity contribution in [2.24, 2.45) is 10.8 Å². The van der Waals surface area contributed by atoms with E-state index in [1.54, 1.807) is 0 Å². The highest BCUT2D eigenvalue weighted by Gasteiger charge is 2.60. The van der Waals surface area contributed by atoms with E-state index in [4.69, 9.17) is 11.2 Å². The molecule has 1 N–H and O–H groups in total. The van der Waals surface area contributed by atoms with Gasteiger partial charge >= 0.3 is 5.97 Å². The molecule has 0 aromatic rings. The molecule has 0 bridgehead atoms. The SMILES string of the molecule is C#C[C@@]1(O)CC[C@@]2(C(=O)OCC)CCC=C2C1(C)C. The highest BCUT2D eigenvalue weighted by Crippen LogP contribution is 2.60. The Morgan fingerprint density at radius 3 is 2.74 bits per heavy atom. The number of hydrogen-bond acceptors (Lipinski definition) is 3. The highest BCUT2D eigenvalue weighted by atomic mass is 16.5. The molecule has 0 aliphatic heterocycles. The van der Waals surface area contributed by atoms with Gasteiger partial charge in [-0.3, -0.25) is 4.79 Å². The third-order valence-corrected chi connectivity index (χ3v) is 4.96. The van der Waals surface area contributed by atoms with Gasteiger partial charge in [0.25, 0.3) is 0 Å². The molecule has 0 unspecified atom stereocenters. The van der Waals surface area contributed by atoms with Gasteiger partial charge in [-0.1, -0.05) is 25.8 Å². The van der Waals surface area contributed by atoms with Crippen molar-refractivity contribution in [3.63, 3.8) is 0 Å². The largest absolute Gasteiger partial charge is 0.465 e. The van der Waals surface area contributed by atoms with E-state index in [1.807, 2.05) is 20.8 Å². The number of aliphatic hydroxyl groups is 1. The van der Waals surface area contributed by atoms with Crippen molar-refractivity contribution >= 4 is 5.97 Å². The number of rotatable bonds is 2. The van der Waals surface area contributed by atoms with E-state index in [-0.39, 0.29) is 5.97 Å². The molecule has 0 heterocycles.